The summed E-state index contributed by atoms with van der Waals surface area (Å²) >= 11 is 7.46. The summed E-state index contributed by atoms with van der Waals surface area (Å²) in [5, 5.41) is 4.51. The molecule has 4 aromatic rings. The van der Waals surface area contributed by atoms with Crippen molar-refractivity contribution in [1.82, 2.24) is 24.8 Å². The minimum Gasteiger partial charge on any atom is -0.339 e. The van der Waals surface area contributed by atoms with E-state index in [1.165, 1.54) is 11.3 Å². The Kier molecular flexibility index (Phi) is 4.20. The molecule has 8 heteroatoms. The number of halogens is 1. The number of hydrogen-bond acceptors (Lipinski definition) is 7. The van der Waals surface area contributed by atoms with Crippen molar-refractivity contribution in [3.63, 3.8) is 0 Å². The van der Waals surface area contributed by atoms with Gasteiger partial charge in [0.2, 0.25) is 0 Å². The Hall–Kier alpha value is -2.61. The summed E-state index contributed by atoms with van der Waals surface area (Å²) < 4.78 is 0.577. The monoisotopic (exact) mass is 394 g/mol. The first-order valence-electron chi connectivity index (χ1n) is 8.52. The van der Waals surface area contributed by atoms with E-state index in [0.29, 0.717) is 4.47 Å². The Bertz CT molecular complexity index is 1130. The van der Waals surface area contributed by atoms with Gasteiger partial charge in [0.25, 0.3) is 0 Å². The number of para-hydroxylation sites is 1. The Morgan fingerprint density at radius 2 is 2.00 bits per heavy atom. The van der Waals surface area contributed by atoms with Crippen LogP contribution in [0.15, 0.2) is 49.1 Å². The van der Waals surface area contributed by atoms with Crippen LogP contribution in [0.2, 0.25) is 4.47 Å². The third kappa shape index (κ3) is 3.37. The van der Waals surface area contributed by atoms with Crippen LogP contribution in [-0.4, -0.2) is 24.8 Å². The number of nitrogens with zero attached hydrogens (tertiary/aromatic N) is 5. The van der Waals surface area contributed by atoms with Gasteiger partial charge < -0.3 is 5.32 Å². The number of nitrogens with one attached hydrogen (secondary N) is 1. The van der Waals surface area contributed by atoms with Gasteiger partial charge in [-0.3, -0.25) is 9.88 Å². The molecule has 1 N–H and O–H groups in total. The lowest BCUT2D eigenvalue weighted by molar-refractivity contribution is 0.276. The molecule has 0 bridgehead atoms. The van der Waals surface area contributed by atoms with E-state index in [1.807, 2.05) is 30.6 Å². The fourth-order valence-corrected chi connectivity index (χ4v) is 4.34. The maximum absolute atomic E-state index is 5.94. The van der Waals surface area contributed by atoms with Crippen molar-refractivity contribution in [2.24, 2.45) is 0 Å². The lowest BCUT2D eigenvalue weighted by Gasteiger charge is -2.13. The molecule has 0 fully saturated rings. The predicted octanol–water partition coefficient (Wildman–Crippen LogP) is 4.39. The van der Waals surface area contributed by atoms with E-state index in [9.17, 15) is 0 Å². The second kappa shape index (κ2) is 6.84. The van der Waals surface area contributed by atoms with Gasteiger partial charge in [-0.05, 0) is 12.1 Å². The van der Waals surface area contributed by atoms with Crippen LogP contribution in [0.25, 0.3) is 10.9 Å². The first-order chi connectivity index (χ1) is 13.2. The van der Waals surface area contributed by atoms with Crippen LogP contribution in [0.4, 0.5) is 11.5 Å². The molecule has 0 spiro atoms. The van der Waals surface area contributed by atoms with Gasteiger partial charge in [0, 0.05) is 41.7 Å². The van der Waals surface area contributed by atoms with Crippen molar-refractivity contribution in [2.45, 2.75) is 19.6 Å². The van der Waals surface area contributed by atoms with Gasteiger partial charge in [0.15, 0.2) is 4.47 Å². The van der Waals surface area contributed by atoms with Crippen LogP contribution in [0, 0.1) is 0 Å². The first-order valence-corrected chi connectivity index (χ1v) is 9.71. The number of thiazole rings is 1. The molecular weight excluding hydrogens is 380 g/mol. The lowest BCUT2D eigenvalue weighted by atomic mass is 10.2. The Balaban J connectivity index is 1.38. The number of rotatable bonds is 4. The highest BCUT2D eigenvalue weighted by Crippen LogP contribution is 2.30. The van der Waals surface area contributed by atoms with Gasteiger partial charge in [-0.2, -0.15) is 0 Å². The minimum atomic E-state index is 0.577. The molecule has 0 aliphatic carbocycles. The number of hydrogen-bond donors (Lipinski definition) is 1. The number of fused-ring (bicyclic) bond motifs is 2. The molecule has 134 valence electrons. The zero-order chi connectivity index (χ0) is 18.2. The van der Waals surface area contributed by atoms with Gasteiger partial charge >= 0.3 is 0 Å². The third-order valence-electron chi connectivity index (χ3n) is 4.55. The van der Waals surface area contributed by atoms with Gasteiger partial charge in [-0.15, -0.1) is 11.3 Å². The van der Waals surface area contributed by atoms with Crippen molar-refractivity contribution in [1.29, 1.82) is 0 Å². The summed E-state index contributed by atoms with van der Waals surface area (Å²) in [4.78, 5) is 21.0. The zero-order valence-corrected chi connectivity index (χ0v) is 15.8. The largest absolute Gasteiger partial charge is 0.339 e. The molecule has 27 heavy (non-hydrogen) atoms. The number of benzene rings is 1. The maximum Gasteiger partial charge on any atom is 0.183 e. The average Bonchev–Trinajstić information content (AvgIpc) is 3.28. The fraction of sp³-hybridized carbons (Fsp3) is 0.158. The van der Waals surface area contributed by atoms with E-state index >= 15 is 0 Å². The van der Waals surface area contributed by atoms with E-state index in [2.05, 4.69) is 42.3 Å². The highest BCUT2D eigenvalue weighted by molar-refractivity contribution is 7.15. The molecule has 0 saturated carbocycles. The molecule has 1 aliphatic rings. The molecule has 0 radical (unpaired) electrons. The molecular formula is C19H15ClN6S. The van der Waals surface area contributed by atoms with Crippen LogP contribution in [0.5, 0.6) is 0 Å². The van der Waals surface area contributed by atoms with Gasteiger partial charge in [0.05, 0.1) is 23.1 Å². The summed E-state index contributed by atoms with van der Waals surface area (Å²) in [6.07, 6.45) is 5.28. The minimum absolute atomic E-state index is 0.577. The van der Waals surface area contributed by atoms with Crippen LogP contribution in [0.3, 0.4) is 0 Å². The van der Waals surface area contributed by atoms with Crippen LogP contribution < -0.4 is 5.32 Å². The molecule has 3 aromatic heterocycles. The van der Waals surface area contributed by atoms with E-state index in [0.717, 1.165) is 58.2 Å². The normalized spacial score (nSPS) is 13.8. The third-order valence-corrected chi connectivity index (χ3v) is 5.65. The van der Waals surface area contributed by atoms with Crippen LogP contribution in [0.1, 0.15) is 16.1 Å². The Morgan fingerprint density at radius 3 is 2.89 bits per heavy atom. The second-order valence-corrected chi connectivity index (χ2v) is 8.11. The van der Waals surface area contributed by atoms with Crippen molar-refractivity contribution < 1.29 is 0 Å². The Morgan fingerprint density at radius 1 is 1.07 bits per heavy atom. The van der Waals surface area contributed by atoms with Crippen LogP contribution in [-0.2, 0) is 19.6 Å². The summed E-state index contributed by atoms with van der Waals surface area (Å²) in [5.74, 6) is 0.835. The number of anilines is 2. The molecule has 4 heterocycles. The first kappa shape index (κ1) is 16.6. The van der Waals surface area contributed by atoms with Gasteiger partial charge in [-0.1, -0.05) is 29.8 Å². The fourth-order valence-electron chi connectivity index (χ4n) is 3.32. The van der Waals surface area contributed by atoms with Gasteiger partial charge in [0.1, 0.15) is 12.1 Å². The van der Waals surface area contributed by atoms with Crippen molar-refractivity contribution in [2.75, 3.05) is 5.32 Å². The zero-order valence-electron chi connectivity index (χ0n) is 14.3. The van der Waals surface area contributed by atoms with E-state index in [-0.39, 0.29) is 0 Å². The molecule has 1 aliphatic heterocycles. The molecule has 0 unspecified atom stereocenters. The van der Waals surface area contributed by atoms with Crippen molar-refractivity contribution in [3.8, 4) is 0 Å². The Labute approximate surface area is 164 Å². The highest BCUT2D eigenvalue weighted by Gasteiger charge is 2.24. The molecule has 0 atom stereocenters. The maximum atomic E-state index is 5.94. The average molecular weight is 395 g/mol. The smallest absolute Gasteiger partial charge is 0.183 e. The van der Waals surface area contributed by atoms with E-state index < -0.39 is 0 Å². The number of pyridine rings is 1. The lowest BCUT2D eigenvalue weighted by Crippen LogP contribution is -2.15. The summed E-state index contributed by atoms with van der Waals surface area (Å²) in [5.41, 5.74) is 4.07. The van der Waals surface area contributed by atoms with Crippen molar-refractivity contribution in [3.05, 3.63) is 69.7 Å². The van der Waals surface area contributed by atoms with E-state index in [4.69, 9.17) is 11.6 Å². The van der Waals surface area contributed by atoms with E-state index in [1.54, 1.807) is 6.33 Å². The van der Waals surface area contributed by atoms with Crippen molar-refractivity contribution >= 4 is 45.3 Å². The van der Waals surface area contributed by atoms with Crippen LogP contribution >= 0.6 is 22.9 Å². The molecule has 1 aromatic carbocycles. The topological polar surface area (TPSA) is 66.8 Å². The SMILES string of the molecule is Clc1ncc(CN2Cc3ncnc(Nc4cnc5ccccc5c4)c3C2)s1. The quantitative estimate of drug-likeness (QED) is 0.553. The summed E-state index contributed by atoms with van der Waals surface area (Å²) in [6, 6.07) is 10.2. The second-order valence-electron chi connectivity index (χ2n) is 6.41. The molecule has 0 saturated heterocycles. The predicted molar refractivity (Wildman–Crippen MR) is 107 cm³/mol. The molecule has 6 nitrogen and oxygen atoms in total. The standard InChI is InChI=1S/C19H15ClN6S/c20-19-22-7-14(27-19)8-26-9-15-17(10-26)23-11-24-18(15)25-13-5-12-3-1-2-4-16(12)21-6-13/h1-7,11H,8-10H2,(H,23,24,25). The highest BCUT2D eigenvalue weighted by atomic mass is 35.5. The molecule has 0 amide bonds. The van der Waals surface area contributed by atoms with Gasteiger partial charge in [-0.25, -0.2) is 15.0 Å². The number of aromatic nitrogens is 4. The molecule has 5 rings (SSSR count). The summed E-state index contributed by atoms with van der Waals surface area (Å²) in [7, 11) is 0. The summed E-state index contributed by atoms with van der Waals surface area (Å²) in [6.45, 7) is 2.38.